The first-order valence-corrected chi connectivity index (χ1v) is 10.2. The molecule has 1 aliphatic carbocycles. The van der Waals surface area contributed by atoms with Crippen molar-refractivity contribution in [2.75, 3.05) is 13.2 Å². The number of esters is 1. The van der Waals surface area contributed by atoms with E-state index >= 15 is 0 Å². The molecule has 1 fully saturated rings. The molecule has 0 amide bonds. The number of unbranched alkanes of at least 4 members (excludes halogenated alkanes) is 1. The van der Waals surface area contributed by atoms with Crippen LogP contribution in [0.1, 0.15) is 37.7 Å². The first-order valence-electron chi connectivity index (χ1n) is 9.79. The van der Waals surface area contributed by atoms with Crippen molar-refractivity contribution in [3.8, 4) is 5.75 Å². The van der Waals surface area contributed by atoms with Crippen LogP contribution in [0.4, 0.5) is 0 Å². The van der Waals surface area contributed by atoms with Crippen molar-refractivity contribution in [3.63, 3.8) is 0 Å². The molecular weight excluding hydrogens is 469 g/mol. The second kappa shape index (κ2) is 14.5. The van der Waals surface area contributed by atoms with Gasteiger partial charge in [0.2, 0.25) is 0 Å². The largest absolute Gasteiger partial charge is 0.499 e. The summed E-state index contributed by atoms with van der Waals surface area (Å²) >= 11 is 6.46. The van der Waals surface area contributed by atoms with Gasteiger partial charge in [-0.05, 0) is 55.9 Å². The number of halogens is 1. The summed E-state index contributed by atoms with van der Waals surface area (Å²) in [6, 6.07) is 7.31. The molecule has 0 bridgehead atoms. The van der Waals surface area contributed by atoms with E-state index in [0.29, 0.717) is 25.2 Å². The molecule has 0 aliphatic heterocycles. The molecule has 7 heteroatoms. The van der Waals surface area contributed by atoms with E-state index in [-0.39, 0.29) is 69.1 Å². The van der Waals surface area contributed by atoms with Crippen LogP contribution in [0.3, 0.4) is 0 Å². The van der Waals surface area contributed by atoms with E-state index in [2.05, 4.69) is 19.1 Å². The summed E-state index contributed by atoms with van der Waals surface area (Å²) in [5.74, 6) is 0.549. The number of rotatable bonds is 11. The Kier molecular flexibility index (Phi) is 13.3. The molecule has 1 saturated carbocycles. The van der Waals surface area contributed by atoms with Crippen molar-refractivity contribution >= 4 is 17.6 Å². The molecule has 5 nitrogen and oxygen atoms in total. The molecule has 0 aromatic heterocycles. The van der Waals surface area contributed by atoms with E-state index in [1.807, 2.05) is 18.2 Å². The smallest absolute Gasteiger partial charge is 0.303 e. The number of carbonyl (C=O) groups excluding carboxylic acids is 1. The van der Waals surface area contributed by atoms with Gasteiger partial charge in [-0.15, -0.1) is 11.6 Å². The molecule has 0 spiro atoms. The minimum atomic E-state index is -0.487. The van der Waals surface area contributed by atoms with Crippen LogP contribution < -0.4 is 4.74 Å². The van der Waals surface area contributed by atoms with Gasteiger partial charge in [0.15, 0.2) is 0 Å². The first-order chi connectivity index (χ1) is 13.5. The van der Waals surface area contributed by atoms with Crippen molar-refractivity contribution in [2.45, 2.75) is 50.2 Å². The Bertz CT molecular complexity index is 639. The zero-order valence-electron chi connectivity index (χ0n) is 16.7. The Morgan fingerprint density at radius 1 is 1.31 bits per heavy atom. The van der Waals surface area contributed by atoms with E-state index in [9.17, 15) is 15.0 Å². The van der Waals surface area contributed by atoms with Crippen molar-refractivity contribution in [3.05, 3.63) is 48.9 Å². The standard InChI is InChI=1S/C22H30ClO5.Y/c1-2-27-22(26)11-6-4-3-5-10-18-19(21(25)13-20(18)23)15-28-17-9-7-8-16(12-17)14-24;/h3,5,7-9,12,18-21,24-25H,1-2,4,6,10-11,13-15H2;/q-1;/b5-3-;/t18-,19-,20-,21-;/m1./s1. The molecule has 0 heterocycles. The Balaban J connectivity index is 0.00000420. The predicted octanol–water partition coefficient (Wildman–Crippen LogP) is 3.65. The third-order valence-electron chi connectivity index (χ3n) is 5.09. The second-order valence-corrected chi connectivity index (χ2v) is 7.64. The summed E-state index contributed by atoms with van der Waals surface area (Å²) in [4.78, 5) is 11.3. The van der Waals surface area contributed by atoms with Gasteiger partial charge in [0.1, 0.15) is 5.75 Å². The number of carbonyl (C=O) groups is 1. The van der Waals surface area contributed by atoms with E-state index in [1.54, 1.807) is 6.07 Å². The van der Waals surface area contributed by atoms with E-state index in [1.165, 1.54) is 0 Å². The molecule has 0 unspecified atom stereocenters. The van der Waals surface area contributed by atoms with E-state index in [0.717, 1.165) is 24.8 Å². The van der Waals surface area contributed by atoms with Gasteiger partial charge < -0.3 is 26.6 Å². The summed E-state index contributed by atoms with van der Waals surface area (Å²) in [5.41, 5.74) is 0.790. The van der Waals surface area contributed by atoms with E-state index < -0.39 is 6.10 Å². The number of aliphatic hydroxyl groups is 2. The number of alkyl halides is 1. The first kappa shape index (κ1) is 26.6. The van der Waals surface area contributed by atoms with Crippen molar-refractivity contribution < 1.29 is 57.2 Å². The van der Waals surface area contributed by atoms with Gasteiger partial charge in [0.25, 0.3) is 0 Å². The van der Waals surface area contributed by atoms with Gasteiger partial charge in [0.05, 0.1) is 19.3 Å². The molecule has 159 valence electrons. The Hall–Kier alpha value is -0.456. The quantitative estimate of drug-likeness (QED) is 0.160. The minimum absolute atomic E-state index is 0. The van der Waals surface area contributed by atoms with Crippen LogP contribution in [0, 0.1) is 18.8 Å². The Morgan fingerprint density at radius 3 is 2.83 bits per heavy atom. The predicted molar refractivity (Wildman–Crippen MR) is 109 cm³/mol. The minimum Gasteiger partial charge on any atom is -0.499 e. The van der Waals surface area contributed by atoms with Gasteiger partial charge >= 0.3 is 5.97 Å². The zero-order valence-corrected chi connectivity index (χ0v) is 20.3. The van der Waals surface area contributed by atoms with Crippen LogP contribution in [-0.4, -0.2) is 40.9 Å². The molecule has 1 aliphatic rings. The fourth-order valence-corrected chi connectivity index (χ4v) is 4.01. The van der Waals surface area contributed by atoms with Gasteiger partial charge in [-0.1, -0.05) is 24.3 Å². The normalized spacial score (nSPS) is 23.7. The summed E-state index contributed by atoms with van der Waals surface area (Å²) in [6.45, 7) is 4.00. The summed E-state index contributed by atoms with van der Waals surface area (Å²) in [6.07, 6.45) is 6.88. The van der Waals surface area contributed by atoms with Gasteiger partial charge in [-0.3, -0.25) is 4.79 Å². The SMILES string of the molecule is [CH2-]COC(=O)CCC/C=C\C[C@@H]1[C@@H](COc2cccc(CO)c2)[C@H](O)C[C@H]1Cl.[Y]. The maximum atomic E-state index is 11.3. The van der Waals surface area contributed by atoms with Crippen molar-refractivity contribution in [1.82, 2.24) is 0 Å². The van der Waals surface area contributed by atoms with Gasteiger partial charge in [0, 0.05) is 50.4 Å². The maximum Gasteiger partial charge on any atom is 0.303 e. The second-order valence-electron chi connectivity index (χ2n) is 7.08. The molecular formula is C22H30ClO5Y-. The molecule has 29 heavy (non-hydrogen) atoms. The number of aliphatic hydroxyl groups excluding tert-OH is 2. The van der Waals surface area contributed by atoms with Gasteiger partial charge in [-0.25, -0.2) is 0 Å². The fraction of sp³-hybridized carbons (Fsp3) is 0.545. The number of hydrogen-bond acceptors (Lipinski definition) is 5. The van der Waals surface area contributed by atoms with Crippen LogP contribution in [0.15, 0.2) is 36.4 Å². The zero-order chi connectivity index (χ0) is 20.4. The molecule has 1 aromatic carbocycles. The van der Waals surface area contributed by atoms with Crippen LogP contribution >= 0.6 is 11.6 Å². The molecule has 2 rings (SSSR count). The van der Waals surface area contributed by atoms with E-state index in [4.69, 9.17) is 21.1 Å². The fourth-order valence-electron chi connectivity index (χ4n) is 3.54. The third-order valence-corrected chi connectivity index (χ3v) is 5.59. The number of hydrogen-bond donors (Lipinski definition) is 2. The van der Waals surface area contributed by atoms with Crippen molar-refractivity contribution in [1.29, 1.82) is 0 Å². The number of ether oxygens (including phenoxy) is 2. The number of allylic oxidation sites excluding steroid dienone is 2. The molecule has 1 radical (unpaired) electrons. The molecule has 0 saturated heterocycles. The molecule has 2 N–H and O–H groups in total. The Labute approximate surface area is 203 Å². The van der Waals surface area contributed by atoms with Crippen LogP contribution in [0.25, 0.3) is 0 Å². The molecule has 4 atom stereocenters. The third kappa shape index (κ3) is 9.06. The number of benzene rings is 1. The van der Waals surface area contributed by atoms with Crippen LogP contribution in [-0.2, 0) is 48.8 Å². The average Bonchev–Trinajstić information content (AvgIpc) is 2.95. The average molecular weight is 499 g/mol. The van der Waals surface area contributed by atoms with Crippen LogP contribution in [0.5, 0.6) is 5.75 Å². The summed E-state index contributed by atoms with van der Waals surface area (Å²) < 4.78 is 10.7. The topological polar surface area (TPSA) is 76.0 Å². The summed E-state index contributed by atoms with van der Waals surface area (Å²) in [5, 5.41) is 19.5. The molecule has 1 aromatic rings. The van der Waals surface area contributed by atoms with Crippen molar-refractivity contribution in [2.24, 2.45) is 11.8 Å². The summed E-state index contributed by atoms with van der Waals surface area (Å²) in [7, 11) is 0. The van der Waals surface area contributed by atoms with Crippen LogP contribution in [0.2, 0.25) is 0 Å². The Morgan fingerprint density at radius 2 is 2.10 bits per heavy atom. The monoisotopic (exact) mass is 498 g/mol. The maximum absolute atomic E-state index is 11.3. The van der Waals surface area contributed by atoms with Gasteiger partial charge in [-0.2, -0.15) is 0 Å².